The Hall–Kier alpha value is -4.19. The van der Waals surface area contributed by atoms with E-state index in [1.54, 1.807) is 19.1 Å². The van der Waals surface area contributed by atoms with Gasteiger partial charge in [-0.3, -0.25) is 9.59 Å². The van der Waals surface area contributed by atoms with Crippen LogP contribution in [-0.2, 0) is 17.1 Å². The van der Waals surface area contributed by atoms with E-state index in [-0.39, 0.29) is 27.6 Å². The summed E-state index contributed by atoms with van der Waals surface area (Å²) in [7, 11) is 0. The molecule has 1 N–H and O–H groups in total. The molecule has 0 bridgehead atoms. The first-order chi connectivity index (χ1) is 18.2. The maximum absolute atomic E-state index is 13.8. The molecule has 6 nitrogen and oxygen atoms in total. The Balaban J connectivity index is 1.58. The first-order valence-electron chi connectivity index (χ1n) is 10.9. The molecule has 204 valence electrons. The van der Waals surface area contributed by atoms with Crippen LogP contribution in [0.5, 0.6) is 17.2 Å². The lowest BCUT2D eigenvalue weighted by Gasteiger charge is -2.14. The smallest absolute Gasteiger partial charge is 0.453 e. The molecule has 0 radical (unpaired) electrons. The van der Waals surface area contributed by atoms with Crippen LogP contribution in [0.3, 0.4) is 0 Å². The van der Waals surface area contributed by atoms with Gasteiger partial charge in [0.05, 0.1) is 21.7 Å². The van der Waals surface area contributed by atoms with Crippen LogP contribution in [0.2, 0.25) is 5.02 Å². The van der Waals surface area contributed by atoms with E-state index in [0.29, 0.717) is 11.6 Å². The number of hydrogen-bond donors (Lipinski definition) is 1. The van der Waals surface area contributed by atoms with Crippen LogP contribution < -0.4 is 20.2 Å². The molecule has 13 heteroatoms. The van der Waals surface area contributed by atoms with Crippen molar-refractivity contribution in [3.63, 3.8) is 0 Å². The number of benzene rings is 3. The van der Waals surface area contributed by atoms with Gasteiger partial charge in [-0.2, -0.15) is 26.3 Å². The number of rotatable bonds is 6. The number of nitrogens with one attached hydrogen (secondary N) is 1. The highest BCUT2D eigenvalue weighted by atomic mass is 35.5. The number of hydrogen-bond acceptors (Lipinski definition) is 5. The van der Waals surface area contributed by atoms with E-state index in [1.807, 2.05) is 0 Å². The highest BCUT2D eigenvalue weighted by Gasteiger charge is 2.40. The molecule has 0 aliphatic rings. The lowest BCUT2D eigenvalue weighted by Crippen LogP contribution is -2.21. The fourth-order valence-electron chi connectivity index (χ4n) is 3.45. The van der Waals surface area contributed by atoms with Gasteiger partial charge in [0.1, 0.15) is 17.1 Å². The molecule has 0 unspecified atom stereocenters. The molecule has 1 aromatic heterocycles. The molecular weight excluding hydrogens is 556 g/mol. The fourth-order valence-corrected chi connectivity index (χ4v) is 3.62. The van der Waals surface area contributed by atoms with Gasteiger partial charge in [-0.05, 0) is 55.0 Å². The van der Waals surface area contributed by atoms with Gasteiger partial charge in [-0.15, -0.1) is 0 Å². The molecule has 39 heavy (non-hydrogen) atoms. The van der Waals surface area contributed by atoms with Crippen LogP contribution in [0.4, 0.5) is 32.0 Å². The zero-order chi connectivity index (χ0) is 28.5. The average molecular weight is 572 g/mol. The van der Waals surface area contributed by atoms with Crippen molar-refractivity contribution >= 4 is 34.2 Å². The van der Waals surface area contributed by atoms with Crippen LogP contribution in [0, 0.1) is 6.92 Å². The SMILES string of the molecule is Cc1cccc(Oc2c(C(F)(F)F)oc3cc(OCC(=O)Nc4cc(C(F)(F)F)ccc4Cl)ccc3c2=O)c1. The number of halogens is 7. The Kier molecular flexibility index (Phi) is 7.51. The summed E-state index contributed by atoms with van der Waals surface area (Å²) in [6.07, 6.45) is -9.76. The third-order valence-electron chi connectivity index (χ3n) is 5.23. The Morgan fingerprint density at radius 2 is 1.69 bits per heavy atom. The fraction of sp³-hybridized carbons (Fsp3) is 0.154. The Bertz CT molecular complexity index is 1610. The van der Waals surface area contributed by atoms with Crippen molar-refractivity contribution in [1.29, 1.82) is 0 Å². The van der Waals surface area contributed by atoms with Gasteiger partial charge in [0.2, 0.25) is 11.2 Å². The summed E-state index contributed by atoms with van der Waals surface area (Å²) < 4.78 is 95.5. The number of fused-ring (bicyclic) bond motifs is 1. The molecule has 0 aliphatic heterocycles. The minimum atomic E-state index is -5.09. The number of ether oxygens (including phenoxy) is 2. The number of carbonyl (C=O) groups excluding carboxylic acids is 1. The molecule has 4 aromatic rings. The van der Waals surface area contributed by atoms with Crippen LogP contribution in [0.15, 0.2) is 69.9 Å². The first kappa shape index (κ1) is 27.8. The highest BCUT2D eigenvalue weighted by molar-refractivity contribution is 6.33. The van der Waals surface area contributed by atoms with Crippen molar-refractivity contribution in [2.75, 3.05) is 11.9 Å². The van der Waals surface area contributed by atoms with Crippen molar-refractivity contribution in [2.45, 2.75) is 19.3 Å². The van der Waals surface area contributed by atoms with Gasteiger partial charge < -0.3 is 19.2 Å². The molecule has 1 heterocycles. The summed E-state index contributed by atoms with van der Waals surface area (Å²) in [5, 5.41) is 1.76. The lowest BCUT2D eigenvalue weighted by molar-refractivity contribution is -0.154. The second-order valence-electron chi connectivity index (χ2n) is 8.19. The lowest BCUT2D eigenvalue weighted by atomic mass is 10.2. The molecule has 3 aromatic carbocycles. The van der Waals surface area contributed by atoms with Gasteiger partial charge >= 0.3 is 12.4 Å². The molecular formula is C26H16ClF6NO5. The van der Waals surface area contributed by atoms with Crippen LogP contribution in [-0.4, -0.2) is 12.5 Å². The normalized spacial score (nSPS) is 11.9. The zero-order valence-electron chi connectivity index (χ0n) is 19.7. The number of anilines is 1. The number of aryl methyl sites for hydroxylation is 1. The van der Waals surface area contributed by atoms with E-state index in [4.69, 9.17) is 25.5 Å². The van der Waals surface area contributed by atoms with Gasteiger partial charge in [-0.25, -0.2) is 0 Å². The van der Waals surface area contributed by atoms with E-state index in [1.165, 1.54) is 18.2 Å². The monoisotopic (exact) mass is 571 g/mol. The first-order valence-corrected chi connectivity index (χ1v) is 11.3. The van der Waals surface area contributed by atoms with Crippen molar-refractivity contribution in [3.8, 4) is 17.2 Å². The summed E-state index contributed by atoms with van der Waals surface area (Å²) >= 11 is 5.84. The van der Waals surface area contributed by atoms with Gasteiger partial charge in [-0.1, -0.05) is 23.7 Å². The molecule has 0 spiro atoms. The molecule has 0 saturated carbocycles. The van der Waals surface area contributed by atoms with E-state index in [0.717, 1.165) is 24.3 Å². The third-order valence-corrected chi connectivity index (χ3v) is 5.56. The van der Waals surface area contributed by atoms with E-state index in [9.17, 15) is 35.9 Å². The molecule has 0 saturated heterocycles. The largest absolute Gasteiger partial charge is 0.484 e. The van der Waals surface area contributed by atoms with Crippen molar-refractivity contribution in [3.05, 3.63) is 92.8 Å². The minimum absolute atomic E-state index is 0.000935. The number of alkyl halides is 6. The molecule has 0 atom stereocenters. The van der Waals surface area contributed by atoms with Gasteiger partial charge in [0.25, 0.3) is 11.7 Å². The van der Waals surface area contributed by atoms with Gasteiger partial charge in [0.15, 0.2) is 6.61 Å². The van der Waals surface area contributed by atoms with Crippen molar-refractivity contribution in [2.24, 2.45) is 0 Å². The molecule has 1 amide bonds. The predicted molar refractivity (Wildman–Crippen MR) is 129 cm³/mol. The number of amides is 1. The summed E-state index contributed by atoms with van der Waals surface area (Å²) in [5.41, 5.74) is -2.26. The quantitative estimate of drug-likeness (QED) is 0.241. The maximum atomic E-state index is 13.8. The van der Waals surface area contributed by atoms with Crippen molar-refractivity contribution < 1.29 is 45.0 Å². The second kappa shape index (κ2) is 10.5. The second-order valence-corrected chi connectivity index (χ2v) is 8.60. The Morgan fingerprint density at radius 1 is 0.949 bits per heavy atom. The van der Waals surface area contributed by atoms with E-state index >= 15 is 0 Å². The average Bonchev–Trinajstić information content (AvgIpc) is 2.84. The highest BCUT2D eigenvalue weighted by Crippen LogP contribution is 2.39. The van der Waals surface area contributed by atoms with Crippen LogP contribution in [0.25, 0.3) is 11.0 Å². The van der Waals surface area contributed by atoms with Gasteiger partial charge in [0, 0.05) is 6.07 Å². The van der Waals surface area contributed by atoms with E-state index < -0.39 is 53.0 Å². The Morgan fingerprint density at radius 3 is 2.36 bits per heavy atom. The third kappa shape index (κ3) is 6.45. The minimum Gasteiger partial charge on any atom is -0.484 e. The zero-order valence-corrected chi connectivity index (χ0v) is 20.4. The maximum Gasteiger partial charge on any atom is 0.453 e. The molecule has 4 rings (SSSR count). The van der Waals surface area contributed by atoms with Crippen LogP contribution in [0.1, 0.15) is 16.9 Å². The topological polar surface area (TPSA) is 77.8 Å². The molecule has 0 fully saturated rings. The standard InChI is InChI=1S/C26H16ClF6NO5/c1-13-3-2-4-16(9-13)38-23-22(36)17-7-6-15(11-20(17)39-24(23)26(31,32)33)37-12-21(35)34-19-10-14(25(28,29)30)5-8-18(19)27/h2-11H,12H2,1H3,(H,34,35). The Labute approximate surface area is 220 Å². The van der Waals surface area contributed by atoms with E-state index in [2.05, 4.69) is 5.32 Å². The number of carbonyl (C=O) groups is 1. The summed E-state index contributed by atoms with van der Waals surface area (Å²) in [6.45, 7) is 0.944. The van der Waals surface area contributed by atoms with Crippen molar-refractivity contribution in [1.82, 2.24) is 0 Å². The summed E-state index contributed by atoms with van der Waals surface area (Å²) in [6, 6.07) is 11.7. The summed E-state index contributed by atoms with van der Waals surface area (Å²) in [5.74, 6) is -3.78. The predicted octanol–water partition coefficient (Wildman–Crippen LogP) is 7.60. The molecule has 0 aliphatic carbocycles. The van der Waals surface area contributed by atoms with Crippen LogP contribution >= 0.6 is 11.6 Å². The summed E-state index contributed by atoms with van der Waals surface area (Å²) in [4.78, 5) is 25.1.